The van der Waals surface area contributed by atoms with Crippen molar-refractivity contribution in [2.75, 3.05) is 18.5 Å². The third-order valence-corrected chi connectivity index (χ3v) is 6.94. The van der Waals surface area contributed by atoms with Crippen molar-refractivity contribution in [3.63, 3.8) is 0 Å². The minimum Gasteiger partial charge on any atom is -0.481 e. The van der Waals surface area contributed by atoms with Crippen LogP contribution in [0, 0.1) is 0 Å². The van der Waals surface area contributed by atoms with Crippen LogP contribution in [0.5, 0.6) is 0 Å². The summed E-state index contributed by atoms with van der Waals surface area (Å²) in [5, 5.41) is 7.85. The van der Waals surface area contributed by atoms with Crippen LogP contribution in [0.25, 0.3) is 11.5 Å². The first kappa shape index (κ1) is 28.5. The van der Waals surface area contributed by atoms with E-state index >= 15 is 0 Å². The van der Waals surface area contributed by atoms with Gasteiger partial charge in [-0.05, 0) is 52.5 Å². The van der Waals surface area contributed by atoms with Crippen LogP contribution in [-0.2, 0) is 20.8 Å². The molecule has 0 fully saturated rings. The smallest absolute Gasteiger partial charge is 0.418 e. The molecule has 0 bridgehead atoms. The fourth-order valence-electron chi connectivity index (χ4n) is 2.88. The first-order valence-electron chi connectivity index (χ1n) is 10.2. The van der Waals surface area contributed by atoms with Crippen molar-refractivity contribution >= 4 is 48.9 Å². The van der Waals surface area contributed by atoms with E-state index in [0.717, 1.165) is 12.3 Å². The van der Waals surface area contributed by atoms with Crippen LogP contribution in [0.15, 0.2) is 85.4 Å². The van der Waals surface area contributed by atoms with Crippen molar-refractivity contribution in [2.45, 2.75) is 11.1 Å². The van der Waals surface area contributed by atoms with Gasteiger partial charge in [-0.25, -0.2) is 13.4 Å². The van der Waals surface area contributed by atoms with Gasteiger partial charge in [0.2, 0.25) is 5.89 Å². The van der Waals surface area contributed by atoms with Gasteiger partial charge in [0.1, 0.15) is 17.4 Å². The van der Waals surface area contributed by atoms with E-state index in [1.165, 1.54) is 48.2 Å². The number of rotatable bonds is 9. The minimum absolute atomic E-state index is 0.00401. The van der Waals surface area contributed by atoms with Crippen molar-refractivity contribution in [3.05, 3.63) is 82.5 Å². The molecule has 3 aromatic rings. The molecule has 1 heterocycles. The second kappa shape index (κ2) is 11.5. The average molecular weight is 617 g/mol. The van der Waals surface area contributed by atoms with E-state index < -0.39 is 27.3 Å². The van der Waals surface area contributed by atoms with Crippen molar-refractivity contribution in [2.24, 2.45) is 10.7 Å². The fourth-order valence-corrected chi connectivity index (χ4v) is 4.28. The summed E-state index contributed by atoms with van der Waals surface area (Å²) in [4.78, 5) is 4.18. The molecular formula is C23H20BrF3N4O4S2. The molecule has 0 radical (unpaired) electrons. The molecule has 0 spiro atoms. The first-order valence-corrected chi connectivity index (χ1v) is 14.3. The zero-order valence-electron chi connectivity index (χ0n) is 19.4. The summed E-state index contributed by atoms with van der Waals surface area (Å²) in [7, 11) is -3.52. The lowest BCUT2D eigenvalue weighted by atomic mass is 10.1. The van der Waals surface area contributed by atoms with Crippen LogP contribution in [0.2, 0.25) is 0 Å². The number of nitrogens with two attached hydrogens (primary N) is 1. The summed E-state index contributed by atoms with van der Waals surface area (Å²) in [6, 6.07) is 10.4. The van der Waals surface area contributed by atoms with Gasteiger partial charge in [0.25, 0.3) is 5.89 Å². The number of aliphatic imine (C=N–C) groups is 1. The van der Waals surface area contributed by atoms with Crippen LogP contribution in [0.3, 0.4) is 0 Å². The van der Waals surface area contributed by atoms with Crippen LogP contribution in [0.1, 0.15) is 11.5 Å². The Morgan fingerprint density at radius 3 is 2.57 bits per heavy atom. The van der Waals surface area contributed by atoms with Gasteiger partial charge in [0.05, 0.1) is 26.3 Å². The standard InChI is InChI=1S/C23H20BrF3N4O4S2/c1-13(34-12-36-2)19(28)18(24)20(29-17-10-5-4-9-16(17)23(25,26)27)22-31-30-21(35-22)14-7-6-8-15(11-14)37(3,32)33/h4-11H,1,12,28H2,2-3H3. The highest BCUT2D eigenvalue weighted by atomic mass is 79.9. The largest absolute Gasteiger partial charge is 0.481 e. The van der Waals surface area contributed by atoms with Gasteiger partial charge in [0.15, 0.2) is 9.84 Å². The molecule has 37 heavy (non-hydrogen) atoms. The minimum atomic E-state index is -4.69. The Kier molecular flexibility index (Phi) is 8.87. The molecule has 0 aliphatic heterocycles. The molecule has 0 atom stereocenters. The third kappa shape index (κ3) is 7.02. The Labute approximate surface area is 223 Å². The molecule has 8 nitrogen and oxygen atoms in total. The molecule has 0 unspecified atom stereocenters. The first-order chi connectivity index (χ1) is 17.3. The van der Waals surface area contributed by atoms with Crippen molar-refractivity contribution in [1.82, 2.24) is 10.2 Å². The topological polar surface area (TPSA) is 121 Å². The molecule has 14 heteroatoms. The molecule has 3 rings (SSSR count). The lowest BCUT2D eigenvalue weighted by Gasteiger charge is -2.13. The molecular weight excluding hydrogens is 597 g/mol. The summed E-state index contributed by atoms with van der Waals surface area (Å²) in [6.45, 7) is 3.73. The number of para-hydroxylation sites is 1. The number of nitrogens with zero attached hydrogens (tertiary/aromatic N) is 3. The van der Waals surface area contributed by atoms with Gasteiger partial charge in [-0.1, -0.05) is 24.8 Å². The number of hydrogen-bond donors (Lipinski definition) is 1. The summed E-state index contributed by atoms with van der Waals surface area (Å²) in [6.07, 6.45) is -1.85. The Balaban J connectivity index is 2.19. The normalized spacial score (nSPS) is 13.3. The fraction of sp³-hybridized carbons (Fsp3) is 0.174. The van der Waals surface area contributed by atoms with Gasteiger partial charge in [-0.3, -0.25) is 0 Å². The molecule has 1 aromatic heterocycles. The number of thioether (sulfide) groups is 1. The molecule has 0 saturated heterocycles. The van der Waals surface area contributed by atoms with Gasteiger partial charge in [-0.2, -0.15) is 13.2 Å². The van der Waals surface area contributed by atoms with E-state index in [0.29, 0.717) is 0 Å². The monoisotopic (exact) mass is 616 g/mol. The lowest BCUT2D eigenvalue weighted by molar-refractivity contribution is -0.137. The Morgan fingerprint density at radius 1 is 1.22 bits per heavy atom. The second-order valence-electron chi connectivity index (χ2n) is 7.39. The number of aromatic nitrogens is 2. The molecule has 0 aliphatic rings. The van der Waals surface area contributed by atoms with Crippen molar-refractivity contribution in [3.8, 4) is 11.5 Å². The van der Waals surface area contributed by atoms with Crippen molar-refractivity contribution < 1.29 is 30.7 Å². The van der Waals surface area contributed by atoms with Gasteiger partial charge in [0, 0.05) is 11.8 Å². The quantitative estimate of drug-likeness (QED) is 0.141. The summed E-state index contributed by atoms with van der Waals surface area (Å²) >= 11 is 4.62. The van der Waals surface area contributed by atoms with Gasteiger partial charge >= 0.3 is 6.18 Å². The SMILES string of the molecule is C=C(OCSC)C(N)=C(Br)C(=Nc1ccccc1C(F)(F)F)c1nnc(-c2cccc(S(C)(=O)=O)c2)o1. The molecule has 2 aromatic carbocycles. The van der Waals surface area contributed by atoms with Crippen LogP contribution in [-0.4, -0.2) is 42.8 Å². The van der Waals surface area contributed by atoms with Crippen LogP contribution in [0.4, 0.5) is 18.9 Å². The summed E-state index contributed by atoms with van der Waals surface area (Å²) in [5.74, 6) is -0.110. The number of benzene rings is 2. The number of alkyl halides is 3. The average Bonchev–Trinajstić information content (AvgIpc) is 3.34. The van der Waals surface area contributed by atoms with E-state index in [1.807, 2.05) is 0 Å². The van der Waals surface area contributed by atoms with Crippen LogP contribution >= 0.6 is 27.7 Å². The number of allylic oxidation sites excluding steroid dienone is 1. The third-order valence-electron chi connectivity index (χ3n) is 4.67. The predicted octanol–water partition coefficient (Wildman–Crippen LogP) is 5.70. The van der Waals surface area contributed by atoms with Gasteiger partial charge in [-0.15, -0.1) is 22.0 Å². The highest BCUT2D eigenvalue weighted by molar-refractivity contribution is 9.12. The van der Waals surface area contributed by atoms with E-state index in [2.05, 4.69) is 37.7 Å². The van der Waals surface area contributed by atoms with E-state index in [4.69, 9.17) is 14.9 Å². The molecule has 0 amide bonds. The molecule has 0 saturated carbocycles. The Hall–Kier alpha value is -3.10. The molecule has 0 aliphatic carbocycles. The van der Waals surface area contributed by atoms with E-state index in [-0.39, 0.29) is 49.8 Å². The van der Waals surface area contributed by atoms with Crippen molar-refractivity contribution in [1.29, 1.82) is 0 Å². The molecule has 2 N–H and O–H groups in total. The zero-order valence-corrected chi connectivity index (χ0v) is 22.6. The lowest BCUT2D eigenvalue weighted by Crippen LogP contribution is -2.13. The summed E-state index contributed by atoms with van der Waals surface area (Å²) in [5.41, 5.74) is 4.71. The van der Waals surface area contributed by atoms with Gasteiger partial charge < -0.3 is 14.9 Å². The highest BCUT2D eigenvalue weighted by Crippen LogP contribution is 2.37. The summed E-state index contributed by atoms with van der Waals surface area (Å²) < 4.78 is 75.9. The van der Waals surface area contributed by atoms with E-state index in [1.54, 1.807) is 12.3 Å². The maximum atomic E-state index is 13.6. The second-order valence-corrected chi connectivity index (χ2v) is 11.0. The number of sulfone groups is 1. The molecule has 196 valence electrons. The zero-order chi connectivity index (χ0) is 27.4. The number of ether oxygens (including phenoxy) is 1. The highest BCUT2D eigenvalue weighted by Gasteiger charge is 2.34. The number of halogens is 4. The predicted molar refractivity (Wildman–Crippen MR) is 139 cm³/mol. The number of hydrogen-bond acceptors (Lipinski definition) is 9. The Bertz CT molecular complexity index is 1480. The Morgan fingerprint density at radius 2 is 1.92 bits per heavy atom. The van der Waals surface area contributed by atoms with E-state index in [9.17, 15) is 21.6 Å². The van der Waals surface area contributed by atoms with Crippen LogP contribution < -0.4 is 5.73 Å². The maximum Gasteiger partial charge on any atom is 0.418 e. The maximum absolute atomic E-state index is 13.6.